The number of halogens is 1. The second-order valence-corrected chi connectivity index (χ2v) is 6.62. The first-order chi connectivity index (χ1) is 10.2. The summed E-state index contributed by atoms with van der Waals surface area (Å²) in [6, 6.07) is 9.35. The molecular weight excluding hydrogens is 377 g/mol. The van der Waals surface area contributed by atoms with Gasteiger partial charge in [-0.05, 0) is 40.5 Å². The Balaban J connectivity index is 1.94. The minimum absolute atomic E-state index is 0.0624. The van der Waals surface area contributed by atoms with Crippen LogP contribution in [0.1, 0.15) is 36.3 Å². The molecule has 1 aromatic rings. The van der Waals surface area contributed by atoms with Gasteiger partial charge in [-0.25, -0.2) is 0 Å². The fourth-order valence-corrected chi connectivity index (χ4v) is 4.24. The van der Waals surface area contributed by atoms with Crippen LogP contribution in [0.4, 0.5) is 0 Å². The molecule has 3 rings (SSSR count). The molecule has 2 aliphatic heterocycles. The summed E-state index contributed by atoms with van der Waals surface area (Å²) >= 11 is 2.23. The summed E-state index contributed by atoms with van der Waals surface area (Å²) in [4.78, 5) is 12.3. The standard InChI is InChI=1S/C17H20INO2/c1-21-17(20)16-14(10-13-5-6-15(16)19-13)12-4-2-3-11(9-12)7-8-18/h2-4,7-9,13-16,19H,5-6,10H2,1H3/b8-7+/t13?,14-,15?,16+/m1/s1. The summed E-state index contributed by atoms with van der Waals surface area (Å²) in [5.41, 5.74) is 2.45. The average molecular weight is 397 g/mol. The Morgan fingerprint density at radius 2 is 2.29 bits per heavy atom. The van der Waals surface area contributed by atoms with E-state index >= 15 is 0 Å². The van der Waals surface area contributed by atoms with Crippen LogP contribution in [0.3, 0.4) is 0 Å². The van der Waals surface area contributed by atoms with Gasteiger partial charge in [-0.2, -0.15) is 0 Å². The van der Waals surface area contributed by atoms with Crippen molar-refractivity contribution in [1.29, 1.82) is 0 Å². The molecule has 2 saturated heterocycles. The van der Waals surface area contributed by atoms with Crippen LogP contribution in [0.25, 0.3) is 6.08 Å². The van der Waals surface area contributed by atoms with Crippen LogP contribution in [0.5, 0.6) is 0 Å². The van der Waals surface area contributed by atoms with Crippen LogP contribution in [-0.2, 0) is 9.53 Å². The molecule has 2 heterocycles. The van der Waals surface area contributed by atoms with Gasteiger partial charge in [-0.3, -0.25) is 4.79 Å². The number of ether oxygens (including phenoxy) is 1. The van der Waals surface area contributed by atoms with E-state index in [4.69, 9.17) is 4.74 Å². The number of hydrogen-bond donors (Lipinski definition) is 1. The molecule has 0 spiro atoms. The molecule has 2 unspecified atom stereocenters. The smallest absolute Gasteiger partial charge is 0.310 e. The van der Waals surface area contributed by atoms with Crippen LogP contribution in [-0.4, -0.2) is 25.2 Å². The van der Waals surface area contributed by atoms with Crippen molar-refractivity contribution in [3.8, 4) is 0 Å². The van der Waals surface area contributed by atoms with Crippen molar-refractivity contribution >= 4 is 34.6 Å². The largest absolute Gasteiger partial charge is 0.469 e. The lowest BCUT2D eigenvalue weighted by atomic mass is 9.76. The van der Waals surface area contributed by atoms with Gasteiger partial charge in [0.25, 0.3) is 0 Å². The van der Waals surface area contributed by atoms with Crippen LogP contribution in [0, 0.1) is 5.92 Å². The van der Waals surface area contributed by atoms with E-state index in [-0.39, 0.29) is 23.8 Å². The SMILES string of the molecule is COC(=O)[C@@H]1C2CCC(C[C@@H]1c1cccc(/C=C/I)c1)N2. The Bertz CT molecular complexity index is 557. The molecule has 112 valence electrons. The molecule has 4 heteroatoms. The van der Waals surface area contributed by atoms with E-state index < -0.39 is 0 Å². The van der Waals surface area contributed by atoms with E-state index in [1.54, 1.807) is 0 Å². The van der Waals surface area contributed by atoms with E-state index in [1.165, 1.54) is 24.7 Å². The number of carbonyl (C=O) groups is 1. The highest BCUT2D eigenvalue weighted by molar-refractivity contribution is 14.1. The van der Waals surface area contributed by atoms with Crippen molar-refractivity contribution in [3.05, 3.63) is 39.5 Å². The highest BCUT2D eigenvalue weighted by Gasteiger charge is 2.46. The Hall–Kier alpha value is -0.880. The first-order valence-electron chi connectivity index (χ1n) is 7.43. The normalized spacial score (nSPS) is 31.5. The molecule has 21 heavy (non-hydrogen) atoms. The maximum atomic E-state index is 12.3. The molecule has 0 amide bonds. The molecule has 1 aromatic carbocycles. The van der Waals surface area contributed by atoms with Gasteiger partial charge in [-0.15, -0.1) is 0 Å². The Kier molecular flexibility index (Phi) is 4.64. The van der Waals surface area contributed by atoms with Crippen molar-refractivity contribution in [3.63, 3.8) is 0 Å². The monoisotopic (exact) mass is 397 g/mol. The van der Waals surface area contributed by atoms with Gasteiger partial charge in [0.1, 0.15) is 0 Å². The Morgan fingerprint density at radius 3 is 3.05 bits per heavy atom. The number of benzene rings is 1. The fourth-order valence-electron chi connectivity index (χ4n) is 3.83. The summed E-state index contributed by atoms with van der Waals surface area (Å²) in [5, 5.41) is 3.58. The molecule has 2 fully saturated rings. The van der Waals surface area contributed by atoms with Gasteiger partial charge in [0, 0.05) is 18.0 Å². The van der Waals surface area contributed by atoms with Gasteiger partial charge in [-0.1, -0.05) is 46.9 Å². The third-order valence-corrected chi connectivity index (χ3v) is 5.11. The molecule has 0 aromatic heterocycles. The van der Waals surface area contributed by atoms with Crippen LogP contribution in [0.2, 0.25) is 0 Å². The van der Waals surface area contributed by atoms with Crippen LogP contribution >= 0.6 is 22.6 Å². The van der Waals surface area contributed by atoms with Gasteiger partial charge in [0.2, 0.25) is 0 Å². The predicted octanol–water partition coefficient (Wildman–Crippen LogP) is 3.49. The third-order valence-electron chi connectivity index (χ3n) is 4.75. The molecule has 2 bridgehead atoms. The molecule has 0 saturated carbocycles. The van der Waals surface area contributed by atoms with Gasteiger partial charge in [0.05, 0.1) is 13.0 Å². The lowest BCUT2D eigenvalue weighted by Crippen LogP contribution is -2.48. The molecule has 0 radical (unpaired) electrons. The van der Waals surface area contributed by atoms with Crippen LogP contribution < -0.4 is 5.32 Å². The van der Waals surface area contributed by atoms with E-state index in [9.17, 15) is 4.79 Å². The Morgan fingerprint density at radius 1 is 1.43 bits per heavy atom. The number of fused-ring (bicyclic) bond motifs is 2. The molecule has 2 aliphatic rings. The maximum absolute atomic E-state index is 12.3. The second kappa shape index (κ2) is 6.48. The van der Waals surface area contributed by atoms with Crippen molar-refractivity contribution in [1.82, 2.24) is 5.32 Å². The summed E-state index contributed by atoms with van der Waals surface area (Å²) < 4.78 is 7.09. The highest BCUT2D eigenvalue weighted by atomic mass is 127. The van der Waals surface area contributed by atoms with Crippen molar-refractivity contribution < 1.29 is 9.53 Å². The predicted molar refractivity (Wildman–Crippen MR) is 92.3 cm³/mol. The summed E-state index contributed by atoms with van der Waals surface area (Å²) in [6.07, 6.45) is 5.36. The quantitative estimate of drug-likeness (QED) is 0.627. The lowest BCUT2D eigenvalue weighted by molar-refractivity contribution is -0.148. The number of carbonyl (C=O) groups excluding carboxylic acids is 1. The van der Waals surface area contributed by atoms with Crippen LogP contribution in [0.15, 0.2) is 28.3 Å². The lowest BCUT2D eigenvalue weighted by Gasteiger charge is -2.36. The van der Waals surface area contributed by atoms with E-state index in [0.717, 1.165) is 12.8 Å². The van der Waals surface area contributed by atoms with Gasteiger partial charge >= 0.3 is 5.97 Å². The topological polar surface area (TPSA) is 38.3 Å². The molecular formula is C17H20INO2. The van der Waals surface area contributed by atoms with Gasteiger partial charge < -0.3 is 10.1 Å². The summed E-state index contributed by atoms with van der Waals surface area (Å²) in [6.45, 7) is 0. The van der Waals surface area contributed by atoms with E-state index in [1.807, 2.05) is 4.08 Å². The summed E-state index contributed by atoms with van der Waals surface area (Å²) in [7, 11) is 1.50. The number of piperidine rings is 1. The molecule has 1 N–H and O–H groups in total. The molecule has 0 aliphatic carbocycles. The van der Waals surface area contributed by atoms with Crippen molar-refractivity contribution in [2.24, 2.45) is 5.92 Å². The minimum atomic E-state index is -0.0762. The van der Waals surface area contributed by atoms with E-state index in [0.29, 0.717) is 6.04 Å². The van der Waals surface area contributed by atoms with Crippen molar-refractivity contribution in [2.75, 3.05) is 7.11 Å². The minimum Gasteiger partial charge on any atom is -0.469 e. The maximum Gasteiger partial charge on any atom is 0.310 e. The third kappa shape index (κ3) is 3.01. The van der Waals surface area contributed by atoms with E-state index in [2.05, 4.69) is 58.2 Å². The highest BCUT2D eigenvalue weighted by Crippen LogP contribution is 2.42. The number of rotatable bonds is 3. The number of nitrogens with one attached hydrogen (secondary N) is 1. The zero-order chi connectivity index (χ0) is 14.8. The average Bonchev–Trinajstić information content (AvgIpc) is 2.88. The summed E-state index contributed by atoms with van der Waals surface area (Å²) in [5.74, 6) is 0.124. The Labute approximate surface area is 139 Å². The number of esters is 1. The second-order valence-electron chi connectivity index (χ2n) is 5.90. The number of methoxy groups -OCH3 is 1. The molecule has 4 atom stereocenters. The zero-order valence-electron chi connectivity index (χ0n) is 12.1. The first kappa shape index (κ1) is 15.0. The zero-order valence-corrected chi connectivity index (χ0v) is 14.2. The van der Waals surface area contributed by atoms with Gasteiger partial charge in [0.15, 0.2) is 0 Å². The molecule has 3 nitrogen and oxygen atoms in total. The first-order valence-corrected chi connectivity index (χ1v) is 8.68. The fraction of sp³-hybridized carbons (Fsp3) is 0.471. The number of hydrogen-bond acceptors (Lipinski definition) is 3. The van der Waals surface area contributed by atoms with Crippen molar-refractivity contribution in [2.45, 2.75) is 37.3 Å².